The second kappa shape index (κ2) is 7.14. The molecule has 0 saturated heterocycles. The van der Waals surface area contributed by atoms with Gasteiger partial charge in [0.25, 0.3) is 0 Å². The zero-order chi connectivity index (χ0) is 15.2. The predicted molar refractivity (Wildman–Crippen MR) is 89.1 cm³/mol. The second-order valence-corrected chi connectivity index (χ2v) is 5.22. The molecule has 110 valence electrons. The van der Waals surface area contributed by atoms with Gasteiger partial charge in [-0.05, 0) is 43.7 Å². The van der Waals surface area contributed by atoms with Crippen molar-refractivity contribution in [3.8, 4) is 0 Å². The Morgan fingerprint density at radius 2 is 1.90 bits per heavy atom. The minimum atomic E-state index is 0.0306. The van der Waals surface area contributed by atoms with Crippen molar-refractivity contribution in [3.63, 3.8) is 0 Å². The van der Waals surface area contributed by atoms with E-state index in [2.05, 4.69) is 5.32 Å². The Labute approximate surface area is 130 Å². The van der Waals surface area contributed by atoms with Gasteiger partial charge in [-0.15, -0.1) is 0 Å². The first-order valence-corrected chi connectivity index (χ1v) is 7.35. The van der Waals surface area contributed by atoms with Gasteiger partial charge in [-0.3, -0.25) is 4.79 Å². The van der Waals surface area contributed by atoms with E-state index < -0.39 is 0 Å². The Balaban J connectivity index is 2.05. The van der Waals surface area contributed by atoms with E-state index in [1.807, 2.05) is 62.4 Å². The van der Waals surface area contributed by atoms with Crippen LogP contribution in [0, 0.1) is 6.92 Å². The van der Waals surface area contributed by atoms with Gasteiger partial charge in [-0.2, -0.15) is 0 Å². The lowest BCUT2D eigenvalue weighted by molar-refractivity contribution is -0.116. The van der Waals surface area contributed by atoms with Crippen molar-refractivity contribution in [2.24, 2.45) is 0 Å². The molecule has 0 atom stereocenters. The van der Waals surface area contributed by atoms with Crippen molar-refractivity contribution < 1.29 is 4.79 Å². The van der Waals surface area contributed by atoms with Gasteiger partial charge in [0.15, 0.2) is 0 Å². The van der Waals surface area contributed by atoms with Crippen molar-refractivity contribution in [2.75, 3.05) is 23.3 Å². The Bertz CT molecular complexity index is 613. The smallest absolute Gasteiger partial charge is 0.246 e. The number of benzene rings is 2. The van der Waals surface area contributed by atoms with Crippen LogP contribution in [-0.2, 0) is 4.79 Å². The number of aryl methyl sites for hydroxylation is 1. The molecular formula is C17H19ClN2O. The molecule has 0 aromatic heterocycles. The number of hydrogen-bond acceptors (Lipinski definition) is 2. The van der Waals surface area contributed by atoms with Crippen LogP contribution in [-0.4, -0.2) is 19.0 Å². The maximum absolute atomic E-state index is 12.4. The molecule has 0 saturated carbocycles. The van der Waals surface area contributed by atoms with E-state index in [0.717, 1.165) is 16.9 Å². The molecule has 1 amide bonds. The Kier molecular flexibility index (Phi) is 5.23. The Hall–Kier alpha value is -2.00. The van der Waals surface area contributed by atoms with Crippen LogP contribution < -0.4 is 10.2 Å². The zero-order valence-corrected chi connectivity index (χ0v) is 13.0. The maximum atomic E-state index is 12.4. The molecule has 3 nitrogen and oxygen atoms in total. The third-order valence-corrected chi connectivity index (χ3v) is 3.55. The van der Waals surface area contributed by atoms with Crippen molar-refractivity contribution in [1.82, 2.24) is 0 Å². The summed E-state index contributed by atoms with van der Waals surface area (Å²) in [4.78, 5) is 14.1. The first kappa shape index (κ1) is 15.4. The summed E-state index contributed by atoms with van der Waals surface area (Å²) >= 11 is 5.98. The molecule has 0 aliphatic heterocycles. The molecule has 21 heavy (non-hydrogen) atoms. The number of anilines is 2. The van der Waals surface area contributed by atoms with Gasteiger partial charge in [0.05, 0.1) is 6.54 Å². The number of para-hydroxylation sites is 1. The lowest BCUT2D eigenvalue weighted by atomic mass is 10.2. The number of likely N-dealkylation sites (N-methyl/N-ethyl adjacent to an activating group) is 1. The Morgan fingerprint density at radius 3 is 2.57 bits per heavy atom. The van der Waals surface area contributed by atoms with Crippen LogP contribution in [0.2, 0.25) is 5.02 Å². The number of halogens is 1. The number of nitrogens with one attached hydrogen (secondary N) is 1. The average Bonchev–Trinajstić information content (AvgIpc) is 2.50. The minimum absolute atomic E-state index is 0.0306. The van der Waals surface area contributed by atoms with Crippen molar-refractivity contribution >= 4 is 28.9 Å². The van der Waals surface area contributed by atoms with Gasteiger partial charge in [-0.25, -0.2) is 0 Å². The molecule has 0 spiro atoms. The third-order valence-electron chi connectivity index (χ3n) is 3.31. The molecule has 0 fully saturated rings. The monoisotopic (exact) mass is 302 g/mol. The molecule has 0 aliphatic carbocycles. The average molecular weight is 303 g/mol. The highest BCUT2D eigenvalue weighted by Gasteiger charge is 2.13. The number of amides is 1. The summed E-state index contributed by atoms with van der Waals surface area (Å²) in [5.41, 5.74) is 2.87. The fourth-order valence-electron chi connectivity index (χ4n) is 2.16. The molecule has 0 heterocycles. The number of carbonyl (C=O) groups is 1. The number of rotatable bonds is 5. The first-order valence-electron chi connectivity index (χ1n) is 6.97. The van der Waals surface area contributed by atoms with Crippen LogP contribution in [0.3, 0.4) is 0 Å². The summed E-state index contributed by atoms with van der Waals surface area (Å²) in [5, 5.41) is 3.82. The van der Waals surface area contributed by atoms with Crippen LogP contribution >= 0.6 is 11.6 Å². The van der Waals surface area contributed by atoms with E-state index in [1.165, 1.54) is 0 Å². The second-order valence-electron chi connectivity index (χ2n) is 4.79. The van der Waals surface area contributed by atoms with Crippen molar-refractivity contribution in [3.05, 3.63) is 59.1 Å². The lowest BCUT2D eigenvalue weighted by Crippen LogP contribution is -2.35. The maximum Gasteiger partial charge on any atom is 0.246 e. The molecule has 0 bridgehead atoms. The predicted octanol–water partition coefficient (Wildman–Crippen LogP) is 4.11. The summed E-state index contributed by atoms with van der Waals surface area (Å²) in [7, 11) is 0. The van der Waals surface area contributed by atoms with E-state index in [-0.39, 0.29) is 12.5 Å². The van der Waals surface area contributed by atoms with Crippen molar-refractivity contribution in [1.29, 1.82) is 0 Å². The van der Waals surface area contributed by atoms with Gasteiger partial charge in [0.1, 0.15) is 0 Å². The summed E-state index contributed by atoms with van der Waals surface area (Å²) in [6.45, 7) is 4.83. The van der Waals surface area contributed by atoms with Crippen LogP contribution in [0.15, 0.2) is 48.5 Å². The summed E-state index contributed by atoms with van der Waals surface area (Å²) in [6.07, 6.45) is 0. The Morgan fingerprint density at radius 1 is 1.19 bits per heavy atom. The number of carbonyl (C=O) groups excluding carboxylic acids is 1. The fraction of sp³-hybridized carbons (Fsp3) is 0.235. The lowest BCUT2D eigenvalue weighted by Gasteiger charge is -2.21. The summed E-state index contributed by atoms with van der Waals surface area (Å²) < 4.78 is 0. The quantitative estimate of drug-likeness (QED) is 0.901. The minimum Gasteiger partial charge on any atom is -0.376 e. The van der Waals surface area contributed by atoms with E-state index in [1.54, 1.807) is 4.90 Å². The van der Waals surface area contributed by atoms with Gasteiger partial charge < -0.3 is 10.2 Å². The highest BCUT2D eigenvalue weighted by Crippen LogP contribution is 2.20. The van der Waals surface area contributed by atoms with Gasteiger partial charge in [-0.1, -0.05) is 35.9 Å². The highest BCUT2D eigenvalue weighted by molar-refractivity contribution is 6.30. The van der Waals surface area contributed by atoms with Crippen LogP contribution in [0.1, 0.15) is 12.5 Å². The molecular weight excluding hydrogens is 284 g/mol. The summed E-state index contributed by atoms with van der Waals surface area (Å²) in [5.74, 6) is 0.0306. The van der Waals surface area contributed by atoms with Gasteiger partial charge in [0.2, 0.25) is 5.91 Å². The molecule has 1 N–H and O–H groups in total. The molecule has 4 heteroatoms. The zero-order valence-electron chi connectivity index (χ0n) is 12.3. The SMILES string of the molecule is CCN(C(=O)CNc1cc(Cl)ccc1C)c1ccccc1. The van der Waals surface area contributed by atoms with Gasteiger partial charge in [0, 0.05) is 22.9 Å². The van der Waals surface area contributed by atoms with E-state index in [9.17, 15) is 4.79 Å². The molecule has 2 aromatic rings. The highest BCUT2D eigenvalue weighted by atomic mass is 35.5. The molecule has 2 rings (SSSR count). The normalized spacial score (nSPS) is 10.2. The first-order chi connectivity index (χ1) is 10.1. The standard InChI is InChI=1S/C17H19ClN2O/c1-3-20(15-7-5-4-6-8-15)17(21)12-19-16-11-14(18)10-9-13(16)2/h4-11,19H,3,12H2,1-2H3. The number of nitrogens with zero attached hydrogens (tertiary/aromatic N) is 1. The van der Waals surface area contributed by atoms with E-state index >= 15 is 0 Å². The number of hydrogen-bond donors (Lipinski definition) is 1. The van der Waals surface area contributed by atoms with Crippen LogP contribution in [0.25, 0.3) is 0 Å². The van der Waals surface area contributed by atoms with E-state index in [0.29, 0.717) is 11.6 Å². The molecule has 0 aliphatic rings. The fourth-order valence-corrected chi connectivity index (χ4v) is 2.33. The van der Waals surface area contributed by atoms with Crippen LogP contribution in [0.5, 0.6) is 0 Å². The van der Waals surface area contributed by atoms with Gasteiger partial charge >= 0.3 is 0 Å². The molecule has 0 unspecified atom stereocenters. The third kappa shape index (κ3) is 3.99. The molecule has 2 aromatic carbocycles. The topological polar surface area (TPSA) is 32.3 Å². The van der Waals surface area contributed by atoms with E-state index in [4.69, 9.17) is 11.6 Å². The largest absolute Gasteiger partial charge is 0.376 e. The summed E-state index contributed by atoms with van der Waals surface area (Å²) in [6, 6.07) is 15.3. The van der Waals surface area contributed by atoms with Crippen molar-refractivity contribution in [2.45, 2.75) is 13.8 Å². The molecule has 0 radical (unpaired) electrons. The van der Waals surface area contributed by atoms with Crippen LogP contribution in [0.4, 0.5) is 11.4 Å².